The number of carbonyl (C=O) groups excluding carboxylic acids is 2. The van der Waals surface area contributed by atoms with Gasteiger partial charge < -0.3 is 5.32 Å². The third-order valence-corrected chi connectivity index (χ3v) is 6.89. The average Bonchev–Trinajstić information content (AvgIpc) is 3.20. The summed E-state index contributed by atoms with van der Waals surface area (Å²) in [6, 6.07) is 7.70. The minimum Gasteiger partial charge on any atom is -0.355 e. The fourth-order valence-electron chi connectivity index (χ4n) is 3.21. The van der Waals surface area contributed by atoms with Crippen LogP contribution in [0.2, 0.25) is 0 Å². The van der Waals surface area contributed by atoms with Crippen LogP contribution in [0, 0.1) is 23.2 Å². The average molecular weight is 329 g/mol. The molecule has 1 aromatic rings. The zero-order valence-corrected chi connectivity index (χ0v) is 13.6. The highest BCUT2D eigenvalue weighted by atomic mass is 32.2. The van der Waals surface area contributed by atoms with Crippen molar-refractivity contribution in [2.75, 3.05) is 18.1 Å². The Morgan fingerprint density at radius 2 is 2.17 bits per heavy atom. The molecule has 2 atom stereocenters. The molecule has 2 saturated heterocycles. The third-order valence-electron chi connectivity index (χ3n) is 4.46. The topological polar surface area (TPSA) is 82.9 Å². The first-order valence-corrected chi connectivity index (χ1v) is 9.43. The van der Waals surface area contributed by atoms with E-state index in [-0.39, 0.29) is 22.2 Å². The summed E-state index contributed by atoms with van der Waals surface area (Å²) in [4.78, 5) is 29.6. The van der Waals surface area contributed by atoms with Crippen molar-refractivity contribution in [3.05, 3.63) is 30.1 Å². The highest BCUT2D eigenvalue weighted by molar-refractivity contribution is 8.17. The van der Waals surface area contributed by atoms with E-state index in [4.69, 9.17) is 0 Å². The quantitative estimate of drug-likeness (QED) is 0.845. The number of nitrogens with one attached hydrogen (secondary N) is 1. The molecule has 3 heterocycles. The van der Waals surface area contributed by atoms with Crippen molar-refractivity contribution >= 4 is 27.0 Å². The molecular weight excluding hydrogens is 310 g/mol. The number of rotatable bonds is 4. The summed E-state index contributed by atoms with van der Waals surface area (Å²) in [5, 5.41) is 12.2. The minimum absolute atomic E-state index is 0.110. The van der Waals surface area contributed by atoms with Gasteiger partial charge in [0, 0.05) is 24.9 Å². The Morgan fingerprint density at radius 3 is 2.83 bits per heavy atom. The summed E-state index contributed by atoms with van der Waals surface area (Å²) in [5.41, 5.74) is 0.800. The van der Waals surface area contributed by atoms with Crippen LogP contribution < -0.4 is 5.32 Å². The Kier molecular flexibility index (Phi) is 4.87. The van der Waals surface area contributed by atoms with E-state index in [0.717, 1.165) is 30.0 Å². The van der Waals surface area contributed by atoms with E-state index >= 15 is 0 Å². The molecule has 2 aliphatic heterocycles. The number of nitrogens with zero attached hydrogens (tertiary/aromatic N) is 2. The lowest BCUT2D eigenvalue weighted by atomic mass is 9.86. The fourth-order valence-corrected chi connectivity index (χ4v) is 5.49. The second-order valence-electron chi connectivity index (χ2n) is 5.90. The molecule has 0 aromatic carbocycles. The van der Waals surface area contributed by atoms with Crippen molar-refractivity contribution in [1.29, 1.82) is 5.26 Å². The highest BCUT2D eigenvalue weighted by Gasteiger charge is 2.41. The van der Waals surface area contributed by atoms with Gasteiger partial charge in [-0.25, -0.2) is 0 Å². The van der Waals surface area contributed by atoms with Gasteiger partial charge in [0.15, 0.2) is 5.78 Å². The first kappa shape index (κ1) is 15.9. The molecule has 6 heteroatoms. The molecule has 0 saturated carbocycles. The van der Waals surface area contributed by atoms with E-state index in [9.17, 15) is 14.9 Å². The summed E-state index contributed by atoms with van der Waals surface area (Å²) >= 11 is 0. The largest absolute Gasteiger partial charge is 0.355 e. The van der Waals surface area contributed by atoms with Crippen LogP contribution in [0.3, 0.4) is 0 Å². The van der Waals surface area contributed by atoms with Crippen molar-refractivity contribution in [3.8, 4) is 6.07 Å². The Hall–Kier alpha value is -2.00. The van der Waals surface area contributed by atoms with Gasteiger partial charge in [-0.2, -0.15) is 15.7 Å². The van der Waals surface area contributed by atoms with Crippen LogP contribution in [-0.4, -0.2) is 39.6 Å². The van der Waals surface area contributed by atoms with Gasteiger partial charge in [-0.15, -0.1) is 0 Å². The van der Waals surface area contributed by atoms with Gasteiger partial charge in [0.1, 0.15) is 10.9 Å². The van der Waals surface area contributed by atoms with Crippen molar-refractivity contribution in [2.45, 2.75) is 19.3 Å². The van der Waals surface area contributed by atoms with Crippen LogP contribution in [0.15, 0.2) is 24.4 Å². The molecule has 2 fully saturated rings. The Bertz CT molecular complexity index is 686. The maximum Gasteiger partial charge on any atom is 0.224 e. The maximum atomic E-state index is 12.8. The molecule has 1 aromatic heterocycles. The predicted molar refractivity (Wildman–Crippen MR) is 90.1 cm³/mol. The second-order valence-corrected chi connectivity index (χ2v) is 8.11. The molecule has 0 aliphatic carbocycles. The van der Waals surface area contributed by atoms with Gasteiger partial charge in [0.05, 0.1) is 11.8 Å². The van der Waals surface area contributed by atoms with E-state index in [1.165, 1.54) is 0 Å². The van der Waals surface area contributed by atoms with Crippen LogP contribution in [0.1, 0.15) is 18.5 Å². The van der Waals surface area contributed by atoms with Crippen molar-refractivity contribution in [1.82, 2.24) is 10.3 Å². The monoisotopic (exact) mass is 329 g/mol. The van der Waals surface area contributed by atoms with Gasteiger partial charge in [-0.3, -0.25) is 14.6 Å². The number of aromatic nitrogens is 1. The zero-order valence-electron chi connectivity index (χ0n) is 12.8. The van der Waals surface area contributed by atoms with E-state index < -0.39 is 11.8 Å². The highest BCUT2D eigenvalue weighted by Crippen LogP contribution is 2.30. The number of nitriles is 1. The summed E-state index contributed by atoms with van der Waals surface area (Å²) in [6.07, 6.45) is 4.29. The Balaban J connectivity index is 1.83. The van der Waals surface area contributed by atoms with Gasteiger partial charge in [0.25, 0.3) is 0 Å². The SMILES string of the molecule is N#CC(C(=O)[C@H]1CNC(=O)[C@@H]1Cc1ccccn1)=S1CCCC1. The molecular formula is C17H19N3O2S. The van der Waals surface area contributed by atoms with Crippen LogP contribution in [-0.2, 0) is 16.0 Å². The van der Waals surface area contributed by atoms with E-state index in [1.54, 1.807) is 6.20 Å². The first-order valence-electron chi connectivity index (χ1n) is 7.87. The number of pyridine rings is 1. The number of amides is 1. The van der Waals surface area contributed by atoms with Crippen LogP contribution in [0.5, 0.6) is 0 Å². The number of hydrogen-bond donors (Lipinski definition) is 1. The fraction of sp³-hybridized carbons (Fsp3) is 0.471. The van der Waals surface area contributed by atoms with Crippen molar-refractivity contribution in [3.63, 3.8) is 0 Å². The molecule has 2 aliphatic rings. The number of hydrogen-bond acceptors (Lipinski definition) is 4. The lowest BCUT2D eigenvalue weighted by Crippen LogP contribution is -2.31. The number of ketones is 1. The number of Topliss-reactive ketones (excluding diaryl/α,β-unsaturated/α-hetero) is 1. The van der Waals surface area contributed by atoms with Crippen LogP contribution in [0.4, 0.5) is 0 Å². The standard InChI is InChI=1S/C17H19N3O2S/c18-10-15(23-7-3-4-8-23)16(21)14-11-20-17(22)13(14)9-12-5-1-2-6-19-12/h1-2,5-6,13-14H,3-4,7-9,11H2,(H,20,22)/t13-,14+/m1/s1. The Labute approximate surface area is 138 Å². The summed E-state index contributed by atoms with van der Waals surface area (Å²) in [6.45, 7) is 0.331. The molecule has 120 valence electrons. The van der Waals surface area contributed by atoms with E-state index in [1.807, 2.05) is 18.2 Å². The molecule has 5 nitrogen and oxygen atoms in total. The summed E-state index contributed by atoms with van der Waals surface area (Å²) < 4.78 is 0. The normalized spacial score (nSPS) is 24.2. The molecule has 3 rings (SSSR count). The van der Waals surface area contributed by atoms with Gasteiger partial charge in [-0.05, 0) is 36.5 Å². The van der Waals surface area contributed by atoms with Crippen molar-refractivity contribution in [2.24, 2.45) is 11.8 Å². The van der Waals surface area contributed by atoms with Crippen molar-refractivity contribution < 1.29 is 9.59 Å². The molecule has 0 bridgehead atoms. The van der Waals surface area contributed by atoms with Crippen LogP contribution in [0.25, 0.3) is 0 Å². The summed E-state index contributed by atoms with van der Waals surface area (Å²) in [5.74, 6) is 0.777. The number of carbonyl (C=O) groups is 2. The third kappa shape index (κ3) is 3.35. The molecule has 1 amide bonds. The molecule has 0 unspecified atom stereocenters. The Morgan fingerprint density at radius 1 is 1.39 bits per heavy atom. The van der Waals surface area contributed by atoms with Crippen LogP contribution >= 0.6 is 10.5 Å². The molecule has 0 radical (unpaired) electrons. The predicted octanol–water partition coefficient (Wildman–Crippen LogP) is 1.31. The lowest BCUT2D eigenvalue weighted by molar-refractivity contribution is -0.125. The minimum atomic E-state index is -0.438. The smallest absolute Gasteiger partial charge is 0.224 e. The van der Waals surface area contributed by atoms with E-state index in [2.05, 4.69) is 16.4 Å². The second kappa shape index (κ2) is 7.05. The van der Waals surface area contributed by atoms with E-state index in [0.29, 0.717) is 17.8 Å². The van der Waals surface area contributed by atoms with Gasteiger partial charge >= 0.3 is 0 Å². The zero-order chi connectivity index (χ0) is 16.2. The summed E-state index contributed by atoms with van der Waals surface area (Å²) in [7, 11) is -0.213. The molecule has 1 N–H and O–H groups in total. The molecule has 0 spiro atoms. The van der Waals surface area contributed by atoms with Gasteiger partial charge in [0.2, 0.25) is 5.91 Å². The first-order chi connectivity index (χ1) is 11.2. The molecule has 23 heavy (non-hydrogen) atoms. The lowest BCUT2D eigenvalue weighted by Gasteiger charge is -2.16. The maximum absolute atomic E-state index is 12.8. The van der Waals surface area contributed by atoms with Gasteiger partial charge in [-0.1, -0.05) is 6.07 Å².